The van der Waals surface area contributed by atoms with Crippen molar-refractivity contribution in [1.82, 2.24) is 9.62 Å². The van der Waals surface area contributed by atoms with Crippen molar-refractivity contribution in [3.8, 4) is 0 Å². The Morgan fingerprint density at radius 1 is 1.32 bits per heavy atom. The van der Waals surface area contributed by atoms with Gasteiger partial charge in [0.1, 0.15) is 12.4 Å². The molecular formula is C15H21N3O3S. The lowest BCUT2D eigenvalue weighted by atomic mass is 10.2. The Labute approximate surface area is 131 Å². The third-order valence-corrected chi connectivity index (χ3v) is 4.75. The molecule has 0 aliphatic carbocycles. The quantitative estimate of drug-likeness (QED) is 0.885. The number of nitrogens with one attached hydrogen (secondary N) is 1. The highest BCUT2D eigenvalue weighted by atomic mass is 32.2. The van der Waals surface area contributed by atoms with E-state index in [1.165, 1.54) is 6.07 Å². The van der Waals surface area contributed by atoms with Gasteiger partial charge in [0.15, 0.2) is 0 Å². The fourth-order valence-corrected chi connectivity index (χ4v) is 3.60. The maximum Gasteiger partial charge on any atom is 0.263 e. The van der Waals surface area contributed by atoms with E-state index in [1.807, 2.05) is 20.8 Å². The fraction of sp³-hybridized carbons (Fsp3) is 0.467. The highest BCUT2D eigenvalue weighted by Gasteiger charge is 2.30. The number of fused-ring (bicyclic) bond motifs is 1. The van der Waals surface area contributed by atoms with E-state index in [-0.39, 0.29) is 23.2 Å². The van der Waals surface area contributed by atoms with E-state index < -0.39 is 10.0 Å². The van der Waals surface area contributed by atoms with Gasteiger partial charge in [0.2, 0.25) is 5.91 Å². The molecule has 0 fully saturated rings. The lowest BCUT2D eigenvalue weighted by Crippen LogP contribution is -2.36. The van der Waals surface area contributed by atoms with Crippen molar-refractivity contribution < 1.29 is 13.2 Å². The molecule has 6 nitrogen and oxygen atoms in total. The van der Waals surface area contributed by atoms with E-state index in [9.17, 15) is 13.2 Å². The van der Waals surface area contributed by atoms with E-state index in [4.69, 9.17) is 0 Å². The van der Waals surface area contributed by atoms with Crippen LogP contribution < -0.4 is 4.72 Å². The van der Waals surface area contributed by atoms with Gasteiger partial charge in [-0.2, -0.15) is 0 Å². The molecule has 0 saturated heterocycles. The van der Waals surface area contributed by atoms with Crippen LogP contribution in [-0.2, 0) is 14.8 Å². The number of hydrogen-bond donors (Lipinski definition) is 1. The first kappa shape index (κ1) is 16.5. The van der Waals surface area contributed by atoms with Gasteiger partial charge in [-0.15, -0.1) is 0 Å². The van der Waals surface area contributed by atoms with E-state index in [2.05, 4.69) is 9.71 Å². The molecule has 120 valence electrons. The maximum absolute atomic E-state index is 12.2. The van der Waals surface area contributed by atoms with Crippen molar-refractivity contribution in [2.75, 3.05) is 19.6 Å². The largest absolute Gasteiger partial charge is 0.341 e. The molecule has 1 aliphatic heterocycles. The van der Waals surface area contributed by atoms with Crippen molar-refractivity contribution in [2.45, 2.75) is 25.7 Å². The summed E-state index contributed by atoms with van der Waals surface area (Å²) in [6.07, 6.45) is 0. The van der Waals surface area contributed by atoms with Crippen LogP contribution >= 0.6 is 0 Å². The van der Waals surface area contributed by atoms with Gasteiger partial charge in [-0.3, -0.25) is 14.5 Å². The summed E-state index contributed by atoms with van der Waals surface area (Å²) in [6, 6.07) is 6.62. The molecule has 1 amide bonds. The van der Waals surface area contributed by atoms with Crippen molar-refractivity contribution in [3.05, 3.63) is 29.8 Å². The molecule has 0 aromatic heterocycles. The van der Waals surface area contributed by atoms with Gasteiger partial charge < -0.3 is 4.90 Å². The molecule has 1 aliphatic rings. The van der Waals surface area contributed by atoms with E-state index in [0.29, 0.717) is 24.6 Å². The number of aliphatic imine (C=N–C) groups is 1. The minimum atomic E-state index is -3.55. The maximum atomic E-state index is 12.2. The number of sulfonamides is 1. The van der Waals surface area contributed by atoms with E-state index >= 15 is 0 Å². The Hall–Kier alpha value is -1.89. The first-order valence-corrected chi connectivity index (χ1v) is 8.78. The number of benzene rings is 1. The van der Waals surface area contributed by atoms with Crippen LogP contribution in [0.15, 0.2) is 34.2 Å². The average Bonchev–Trinajstić information content (AvgIpc) is 2.74. The van der Waals surface area contributed by atoms with Gasteiger partial charge in [0.05, 0.1) is 4.90 Å². The summed E-state index contributed by atoms with van der Waals surface area (Å²) in [5, 5.41) is 0. The predicted octanol–water partition coefficient (Wildman–Crippen LogP) is 1.23. The van der Waals surface area contributed by atoms with Crippen molar-refractivity contribution in [3.63, 3.8) is 0 Å². The summed E-state index contributed by atoms with van der Waals surface area (Å²) in [4.78, 5) is 18.3. The van der Waals surface area contributed by atoms with Gasteiger partial charge >= 0.3 is 0 Å². The van der Waals surface area contributed by atoms with E-state index in [0.717, 1.165) is 0 Å². The number of amidine groups is 1. The second-order valence-corrected chi connectivity index (χ2v) is 7.24. The minimum absolute atomic E-state index is 0.0628. The summed E-state index contributed by atoms with van der Waals surface area (Å²) < 4.78 is 26.3. The zero-order chi connectivity index (χ0) is 16.3. The SMILES string of the molecule is CCN(CC(C)C)C(=O)CN=C1NS(=O)(=O)c2ccccc21. The summed E-state index contributed by atoms with van der Waals surface area (Å²) in [6.45, 7) is 7.23. The molecule has 0 bridgehead atoms. The van der Waals surface area contributed by atoms with Crippen LogP contribution in [0.1, 0.15) is 26.3 Å². The van der Waals surface area contributed by atoms with Crippen molar-refractivity contribution in [2.24, 2.45) is 10.9 Å². The number of rotatable bonds is 5. The summed E-state index contributed by atoms with van der Waals surface area (Å²) in [7, 11) is -3.55. The van der Waals surface area contributed by atoms with Crippen LogP contribution in [0, 0.1) is 5.92 Å². The second-order valence-electron chi connectivity index (χ2n) is 5.59. The predicted molar refractivity (Wildman–Crippen MR) is 85.3 cm³/mol. The Morgan fingerprint density at radius 3 is 2.64 bits per heavy atom. The van der Waals surface area contributed by atoms with Crippen LogP contribution in [0.2, 0.25) is 0 Å². The Balaban J connectivity index is 2.17. The molecule has 0 atom stereocenters. The number of amides is 1. The first-order chi connectivity index (χ1) is 10.3. The van der Waals surface area contributed by atoms with Crippen LogP contribution in [0.5, 0.6) is 0 Å². The summed E-state index contributed by atoms with van der Waals surface area (Å²) >= 11 is 0. The topological polar surface area (TPSA) is 78.8 Å². The lowest BCUT2D eigenvalue weighted by Gasteiger charge is -2.22. The molecule has 2 rings (SSSR count). The number of carbonyl (C=O) groups excluding carboxylic acids is 1. The van der Waals surface area contributed by atoms with Gasteiger partial charge in [-0.05, 0) is 25.0 Å². The molecule has 22 heavy (non-hydrogen) atoms. The summed E-state index contributed by atoms with van der Waals surface area (Å²) in [5.41, 5.74) is 0.516. The fourth-order valence-electron chi connectivity index (χ4n) is 2.35. The average molecular weight is 323 g/mol. The lowest BCUT2D eigenvalue weighted by molar-refractivity contribution is -0.129. The second kappa shape index (κ2) is 6.48. The molecule has 0 radical (unpaired) electrons. The van der Waals surface area contributed by atoms with Gasteiger partial charge in [0.25, 0.3) is 10.0 Å². The Kier molecular flexibility index (Phi) is 4.85. The standard InChI is InChI=1S/C15H21N3O3S/c1-4-18(10-11(2)3)14(19)9-16-15-12-7-5-6-8-13(12)22(20,21)17-15/h5-8,11H,4,9-10H2,1-3H3,(H,16,17). The zero-order valence-corrected chi connectivity index (χ0v) is 13.9. The van der Waals surface area contributed by atoms with E-state index in [1.54, 1.807) is 23.1 Å². The molecule has 0 unspecified atom stereocenters. The number of nitrogens with zero attached hydrogens (tertiary/aromatic N) is 2. The highest BCUT2D eigenvalue weighted by Crippen LogP contribution is 2.22. The molecule has 1 aromatic rings. The molecule has 7 heteroatoms. The van der Waals surface area contributed by atoms with Crippen LogP contribution in [0.4, 0.5) is 0 Å². The Bertz CT molecular complexity index is 696. The van der Waals surface area contributed by atoms with Crippen LogP contribution in [-0.4, -0.2) is 44.7 Å². The van der Waals surface area contributed by atoms with Gasteiger partial charge in [-0.25, -0.2) is 8.42 Å². The molecule has 0 spiro atoms. The first-order valence-electron chi connectivity index (χ1n) is 7.29. The van der Waals surface area contributed by atoms with Crippen LogP contribution in [0.3, 0.4) is 0 Å². The zero-order valence-electron chi connectivity index (χ0n) is 13.0. The summed E-state index contributed by atoms with van der Waals surface area (Å²) in [5.74, 6) is 0.513. The third-order valence-electron chi connectivity index (χ3n) is 3.36. The number of carbonyl (C=O) groups is 1. The highest BCUT2D eigenvalue weighted by molar-refractivity contribution is 7.90. The van der Waals surface area contributed by atoms with Gasteiger partial charge in [-0.1, -0.05) is 26.0 Å². The molecule has 1 aromatic carbocycles. The molecule has 0 saturated carbocycles. The molecule has 1 heterocycles. The van der Waals surface area contributed by atoms with Crippen LogP contribution in [0.25, 0.3) is 0 Å². The Morgan fingerprint density at radius 2 is 2.00 bits per heavy atom. The minimum Gasteiger partial charge on any atom is -0.341 e. The third kappa shape index (κ3) is 3.47. The molecule has 1 N–H and O–H groups in total. The van der Waals surface area contributed by atoms with Gasteiger partial charge in [0, 0.05) is 18.7 Å². The smallest absolute Gasteiger partial charge is 0.263 e. The number of hydrogen-bond acceptors (Lipinski definition) is 4. The van der Waals surface area contributed by atoms with Crippen molar-refractivity contribution in [1.29, 1.82) is 0 Å². The monoisotopic (exact) mass is 323 g/mol. The number of likely N-dealkylation sites (N-methyl/N-ethyl adjacent to an activating group) is 1. The van der Waals surface area contributed by atoms with Crippen molar-refractivity contribution >= 4 is 21.8 Å². The normalized spacial score (nSPS) is 17.4. The molecular weight excluding hydrogens is 302 g/mol.